The first-order chi connectivity index (χ1) is 29.5. The second-order valence-electron chi connectivity index (χ2n) is 24.2. The molecule has 0 aliphatic heterocycles. The zero-order valence-electron chi connectivity index (χ0n) is 39.2. The van der Waals surface area contributed by atoms with Crippen molar-refractivity contribution in [3.8, 4) is 0 Å². The summed E-state index contributed by atoms with van der Waals surface area (Å²) < 4.78 is 37.3. The van der Waals surface area contributed by atoms with Gasteiger partial charge in [-0.3, -0.25) is 14.1 Å². The molecule has 12 nitrogen and oxygen atoms in total. The lowest BCUT2D eigenvalue weighted by Crippen LogP contribution is -2.62. The van der Waals surface area contributed by atoms with E-state index in [0.29, 0.717) is 44.4 Å². The van der Waals surface area contributed by atoms with Gasteiger partial charge in [0.05, 0.1) is 36.3 Å². The van der Waals surface area contributed by atoms with Crippen LogP contribution in [0.25, 0.3) is 0 Å². The van der Waals surface area contributed by atoms with Gasteiger partial charge in [-0.2, -0.15) is 8.42 Å². The Bertz CT molecular complexity index is 1800. The number of fused-ring (bicyclic) bond motifs is 10. The van der Waals surface area contributed by atoms with Crippen LogP contribution in [0, 0.1) is 92.7 Å². The molecule has 0 unspecified atom stereocenters. The Kier molecular flexibility index (Phi) is 13.5. The molecule has 0 bridgehead atoms. The summed E-state index contributed by atoms with van der Waals surface area (Å²) in [4.78, 5) is 26.1. The molecule has 0 aromatic rings. The molecular weight excluding hydrogens is 823 g/mol. The van der Waals surface area contributed by atoms with Crippen LogP contribution in [0.15, 0.2) is 0 Å². The third-order valence-corrected chi connectivity index (χ3v) is 22.4. The maximum absolute atomic E-state index is 13.6. The Morgan fingerprint density at radius 3 is 1.67 bits per heavy atom. The summed E-state index contributed by atoms with van der Waals surface area (Å²) in [5.41, 5.74) is -0.738. The van der Waals surface area contributed by atoms with Gasteiger partial charge in [-0.05, 0) is 195 Å². The van der Waals surface area contributed by atoms with Crippen molar-refractivity contribution in [3.05, 3.63) is 0 Å². The lowest BCUT2D eigenvalue weighted by Gasteiger charge is -2.63. The smallest absolute Gasteiger partial charge is 0.306 e. The van der Waals surface area contributed by atoms with Crippen molar-refractivity contribution in [1.82, 2.24) is 5.32 Å². The molecule has 8 saturated carbocycles. The second kappa shape index (κ2) is 17.6. The van der Waals surface area contributed by atoms with Gasteiger partial charge in [0.15, 0.2) is 0 Å². The first-order valence-electron chi connectivity index (χ1n) is 25.3. The van der Waals surface area contributed by atoms with Crippen molar-refractivity contribution >= 4 is 22.0 Å². The molecule has 0 spiro atoms. The van der Waals surface area contributed by atoms with E-state index in [1.165, 1.54) is 0 Å². The molecule has 0 aromatic heterocycles. The van der Waals surface area contributed by atoms with E-state index in [4.69, 9.17) is 9.29 Å². The topological polar surface area (TPSA) is 211 Å². The molecule has 0 heterocycles. The third-order valence-electron chi connectivity index (χ3n) is 21.6. The molecule has 8 rings (SSSR count). The average Bonchev–Trinajstić information content (AvgIpc) is 3.76. The number of aliphatic hydroxyl groups excluding tert-OH is 5. The fraction of sp³-hybridized carbons (Fsp3) is 0.960. The molecule has 7 N–H and O–H groups in total. The molecule has 8 aliphatic carbocycles. The third kappa shape index (κ3) is 8.39. The molecule has 1 amide bonds. The average molecular weight is 906 g/mol. The highest BCUT2D eigenvalue weighted by atomic mass is 32.2. The van der Waals surface area contributed by atoms with Crippen LogP contribution in [0.3, 0.4) is 0 Å². The fourth-order valence-electron chi connectivity index (χ4n) is 18.1. The molecule has 0 aromatic carbocycles. The van der Waals surface area contributed by atoms with Crippen LogP contribution in [0.4, 0.5) is 0 Å². The van der Waals surface area contributed by atoms with E-state index < -0.39 is 40.3 Å². The highest BCUT2D eigenvalue weighted by Crippen LogP contribution is 2.70. The summed E-state index contributed by atoms with van der Waals surface area (Å²) in [6.45, 7) is 13.4. The SMILES string of the molecule is C[C@H](CCC(=O)O[C@@H]1CC[C@@]2(C)[C@@H](C1)C[C@@H](O)[C@@H]1[C@@H]2C[C@H](O)[C@]2(C)[C@@H]([C@H](C)CCC(=O)NCCS(=O)(=O)O)CC[C@@H]12)[C@H]1CC[C@H]2[C@@H]3[C@H](O)C[C@@H]4C[C@H](O)CC[C@]4(C)[C@H]3C[C@H](O)[C@]12C. The highest BCUT2D eigenvalue weighted by Gasteiger charge is 2.67. The molecular formula is C50H83NO11S. The van der Waals surface area contributed by atoms with Gasteiger partial charge in [0.1, 0.15) is 6.10 Å². The van der Waals surface area contributed by atoms with Crippen molar-refractivity contribution in [3.63, 3.8) is 0 Å². The number of esters is 1. The Morgan fingerprint density at radius 2 is 1.14 bits per heavy atom. The Morgan fingerprint density at radius 1 is 0.651 bits per heavy atom. The Hall–Kier alpha value is -1.35. The summed E-state index contributed by atoms with van der Waals surface area (Å²) in [6, 6.07) is 0. The van der Waals surface area contributed by atoms with Crippen LogP contribution in [0.2, 0.25) is 0 Å². The van der Waals surface area contributed by atoms with Gasteiger partial charge in [0, 0.05) is 19.4 Å². The molecule has 0 saturated heterocycles. The summed E-state index contributed by atoms with van der Waals surface area (Å²) in [6.07, 6.45) is 11.0. The quantitative estimate of drug-likeness (QED) is 0.0854. The van der Waals surface area contributed by atoms with Gasteiger partial charge < -0.3 is 35.6 Å². The first kappa shape index (κ1) is 48.1. The maximum Gasteiger partial charge on any atom is 0.306 e. The lowest BCUT2D eigenvalue weighted by molar-refractivity contribution is -0.209. The molecule has 8 aliphatic rings. The number of amides is 1. The van der Waals surface area contributed by atoms with Gasteiger partial charge in [0.25, 0.3) is 10.1 Å². The van der Waals surface area contributed by atoms with Crippen LogP contribution < -0.4 is 5.32 Å². The predicted octanol–water partition coefficient (Wildman–Crippen LogP) is 6.30. The number of carbonyl (C=O) groups is 2. The zero-order chi connectivity index (χ0) is 45.6. The van der Waals surface area contributed by atoms with E-state index >= 15 is 0 Å². The van der Waals surface area contributed by atoms with Gasteiger partial charge in [-0.15, -0.1) is 0 Å². The van der Waals surface area contributed by atoms with Crippen molar-refractivity contribution in [2.45, 2.75) is 194 Å². The van der Waals surface area contributed by atoms with Crippen LogP contribution in [-0.4, -0.2) is 99.3 Å². The largest absolute Gasteiger partial charge is 0.462 e. The van der Waals surface area contributed by atoms with Crippen LogP contribution in [0.5, 0.6) is 0 Å². The minimum Gasteiger partial charge on any atom is -0.462 e. The first-order valence-corrected chi connectivity index (χ1v) is 26.9. The van der Waals surface area contributed by atoms with Crippen molar-refractivity contribution in [2.75, 3.05) is 12.3 Å². The number of aliphatic hydroxyl groups is 5. The van der Waals surface area contributed by atoms with E-state index in [2.05, 4.69) is 46.9 Å². The number of rotatable bonds is 12. The molecule has 22 atom stereocenters. The van der Waals surface area contributed by atoms with Gasteiger partial charge in [-0.1, -0.05) is 41.5 Å². The van der Waals surface area contributed by atoms with E-state index in [1.54, 1.807) is 0 Å². The normalized spacial score (nSPS) is 50.1. The predicted molar refractivity (Wildman–Crippen MR) is 238 cm³/mol. The molecule has 8 fully saturated rings. The van der Waals surface area contributed by atoms with E-state index in [0.717, 1.165) is 70.6 Å². The number of ether oxygens (including phenoxy) is 1. The minimum absolute atomic E-state index is 0.0375. The molecule has 0 radical (unpaired) electrons. The van der Waals surface area contributed by atoms with Gasteiger partial charge >= 0.3 is 5.97 Å². The Balaban J connectivity index is 0.840. The van der Waals surface area contributed by atoms with Crippen LogP contribution in [0.1, 0.15) is 157 Å². The number of hydrogen-bond donors (Lipinski definition) is 7. The van der Waals surface area contributed by atoms with Crippen LogP contribution in [-0.2, 0) is 24.4 Å². The second-order valence-corrected chi connectivity index (χ2v) is 25.7. The van der Waals surface area contributed by atoms with Crippen molar-refractivity contribution in [2.24, 2.45) is 92.7 Å². The number of nitrogens with one attached hydrogen (secondary N) is 1. The maximum atomic E-state index is 13.6. The fourth-order valence-corrected chi connectivity index (χ4v) is 18.5. The Labute approximate surface area is 377 Å². The van der Waals surface area contributed by atoms with E-state index in [9.17, 15) is 43.5 Å². The lowest BCUT2D eigenvalue weighted by atomic mass is 9.43. The van der Waals surface area contributed by atoms with Gasteiger partial charge in [0.2, 0.25) is 5.91 Å². The highest BCUT2D eigenvalue weighted by molar-refractivity contribution is 7.85. The summed E-state index contributed by atoms with van der Waals surface area (Å²) in [7, 11) is -4.14. The zero-order valence-corrected chi connectivity index (χ0v) is 40.0. The van der Waals surface area contributed by atoms with Gasteiger partial charge in [-0.25, -0.2) is 0 Å². The van der Waals surface area contributed by atoms with Crippen LogP contribution >= 0.6 is 0 Å². The summed E-state index contributed by atoms with van der Waals surface area (Å²) in [5, 5.41) is 60.9. The summed E-state index contributed by atoms with van der Waals surface area (Å²) in [5.74, 6) is 1.43. The number of carbonyl (C=O) groups excluding carboxylic acids is 2. The minimum atomic E-state index is -4.14. The molecule has 13 heteroatoms. The van der Waals surface area contributed by atoms with Crippen molar-refractivity contribution < 1.29 is 52.8 Å². The van der Waals surface area contributed by atoms with E-state index in [-0.39, 0.29) is 124 Å². The van der Waals surface area contributed by atoms with E-state index in [1.807, 2.05) is 0 Å². The molecule has 63 heavy (non-hydrogen) atoms. The summed E-state index contributed by atoms with van der Waals surface area (Å²) >= 11 is 0. The van der Waals surface area contributed by atoms with Crippen molar-refractivity contribution in [1.29, 1.82) is 0 Å². The number of hydrogen-bond acceptors (Lipinski definition) is 10. The standard InChI is InChI=1S/C50H83NO11S/c1-27(7-13-43(57)51-19-20-63(59,60)61)33-9-11-36-46-38(26-42(56)49(33,36)5)48(4)18-16-32(22-30(48)24-40(46)54)62-44(58)14-8-28(2)34-10-12-35-45-37(25-41(55)50(34,35)6)47(3)17-15-31(52)21-29(47)23-39(45)53/h27-42,45-46,52-56H,7-26H2,1-6H3,(H,51,57)(H,59,60,61)/t27-,28-,29+,30+,31-,32-,33-,34-,35+,36+,37+,38+,39-,40-,41+,42+,45+,46+,47+,48+,49-,50-/m1/s1. The molecule has 360 valence electrons. The monoisotopic (exact) mass is 906 g/mol.